The van der Waals surface area contributed by atoms with Crippen LogP contribution in [-0.4, -0.2) is 46.0 Å². The number of morpholine rings is 1. The summed E-state index contributed by atoms with van der Waals surface area (Å²) in [5.74, 6) is 0. The van der Waals surface area contributed by atoms with Crippen LogP contribution < -0.4 is 0 Å². The van der Waals surface area contributed by atoms with Gasteiger partial charge in [0.1, 0.15) is 6.34 Å². The molecule has 1 aromatic carbocycles. The van der Waals surface area contributed by atoms with Crippen molar-refractivity contribution < 1.29 is 13.2 Å². The van der Waals surface area contributed by atoms with E-state index in [-0.39, 0.29) is 4.90 Å². The Morgan fingerprint density at radius 1 is 1.22 bits per heavy atom. The van der Waals surface area contributed by atoms with E-state index in [2.05, 4.69) is 4.40 Å². The number of benzene rings is 1. The van der Waals surface area contributed by atoms with Gasteiger partial charge in [0.05, 0.1) is 18.1 Å². The summed E-state index contributed by atoms with van der Waals surface area (Å²) in [4.78, 5) is 2.06. The van der Waals surface area contributed by atoms with Crippen molar-refractivity contribution in [3.8, 4) is 0 Å². The van der Waals surface area contributed by atoms with Crippen LogP contribution >= 0.6 is 0 Å². The van der Waals surface area contributed by atoms with Crippen molar-refractivity contribution in [3.05, 3.63) is 29.8 Å². The molecule has 0 N–H and O–H groups in total. The summed E-state index contributed by atoms with van der Waals surface area (Å²) >= 11 is 0. The fourth-order valence-corrected chi connectivity index (χ4v) is 2.45. The van der Waals surface area contributed by atoms with E-state index in [0.29, 0.717) is 26.3 Å². The molecule has 0 saturated carbocycles. The molecule has 2 rings (SSSR count). The molecule has 18 heavy (non-hydrogen) atoms. The van der Waals surface area contributed by atoms with E-state index in [4.69, 9.17) is 4.74 Å². The van der Waals surface area contributed by atoms with Crippen LogP contribution in [0.2, 0.25) is 0 Å². The van der Waals surface area contributed by atoms with Crippen LogP contribution in [0.15, 0.2) is 33.6 Å². The van der Waals surface area contributed by atoms with E-state index >= 15 is 0 Å². The van der Waals surface area contributed by atoms with Gasteiger partial charge in [-0.25, -0.2) is 0 Å². The van der Waals surface area contributed by atoms with Crippen LogP contribution in [0.5, 0.6) is 0 Å². The van der Waals surface area contributed by atoms with Crippen LogP contribution in [0, 0.1) is 6.92 Å². The molecule has 6 heteroatoms. The molecule has 0 spiro atoms. The number of ether oxygens (including phenoxy) is 1. The van der Waals surface area contributed by atoms with Crippen molar-refractivity contribution in [1.82, 2.24) is 4.90 Å². The Hall–Kier alpha value is -1.40. The number of sulfonamides is 1. The topological polar surface area (TPSA) is 59.0 Å². The van der Waals surface area contributed by atoms with Gasteiger partial charge in [-0.3, -0.25) is 0 Å². The monoisotopic (exact) mass is 268 g/mol. The fourth-order valence-electron chi connectivity index (χ4n) is 1.59. The Morgan fingerprint density at radius 3 is 2.44 bits per heavy atom. The lowest BCUT2D eigenvalue weighted by Gasteiger charge is -2.23. The third-order valence-electron chi connectivity index (χ3n) is 2.71. The van der Waals surface area contributed by atoms with Crippen molar-refractivity contribution in [2.45, 2.75) is 11.8 Å². The van der Waals surface area contributed by atoms with E-state index < -0.39 is 10.0 Å². The molecule has 0 amide bonds. The second-order valence-electron chi connectivity index (χ2n) is 4.16. The number of hydrogen-bond acceptors (Lipinski definition) is 3. The lowest BCUT2D eigenvalue weighted by molar-refractivity contribution is 0.0701. The van der Waals surface area contributed by atoms with Crippen LogP contribution in [0.25, 0.3) is 0 Å². The molecular formula is C12H16N2O3S. The Bertz CT molecular complexity index is 517. The lowest BCUT2D eigenvalue weighted by atomic mass is 10.2. The first-order valence-electron chi connectivity index (χ1n) is 5.77. The first-order chi connectivity index (χ1) is 8.58. The molecule has 0 bridgehead atoms. The van der Waals surface area contributed by atoms with E-state index in [1.165, 1.54) is 6.34 Å². The zero-order valence-corrected chi connectivity index (χ0v) is 11.1. The molecule has 1 aliphatic heterocycles. The zero-order chi connectivity index (χ0) is 13.0. The molecule has 1 heterocycles. The molecule has 1 fully saturated rings. The standard InChI is InChI=1S/C12H16N2O3S/c1-11-2-4-12(5-3-11)18(15,16)13-10-14-6-8-17-9-7-14/h2-5,10H,6-9H2,1H3/b13-10+. The maximum atomic E-state index is 11.9. The second-order valence-corrected chi connectivity index (χ2v) is 5.79. The fraction of sp³-hybridized carbons (Fsp3) is 0.417. The molecule has 0 atom stereocenters. The first kappa shape index (κ1) is 13.0. The predicted octanol–water partition coefficient (Wildman–Crippen LogP) is 1.04. The smallest absolute Gasteiger partial charge is 0.283 e. The molecule has 1 aromatic rings. The summed E-state index contributed by atoms with van der Waals surface area (Å²) < 4.78 is 32.7. The maximum absolute atomic E-state index is 11.9. The zero-order valence-electron chi connectivity index (χ0n) is 10.2. The molecule has 98 valence electrons. The van der Waals surface area contributed by atoms with Gasteiger partial charge in [-0.15, -0.1) is 4.40 Å². The van der Waals surface area contributed by atoms with Gasteiger partial charge in [-0.05, 0) is 19.1 Å². The molecule has 1 aliphatic rings. The number of aryl methyl sites for hydroxylation is 1. The molecular weight excluding hydrogens is 252 g/mol. The first-order valence-corrected chi connectivity index (χ1v) is 7.21. The Kier molecular flexibility index (Phi) is 3.98. The van der Waals surface area contributed by atoms with E-state index in [1.807, 2.05) is 11.8 Å². The Balaban J connectivity index is 2.11. The number of rotatable bonds is 3. The van der Waals surface area contributed by atoms with Crippen molar-refractivity contribution in [1.29, 1.82) is 0 Å². The summed E-state index contributed by atoms with van der Waals surface area (Å²) in [6, 6.07) is 6.66. The third kappa shape index (κ3) is 3.30. The molecule has 0 aliphatic carbocycles. The van der Waals surface area contributed by atoms with Gasteiger partial charge in [0.15, 0.2) is 0 Å². The minimum Gasteiger partial charge on any atom is -0.378 e. The van der Waals surface area contributed by atoms with E-state index in [9.17, 15) is 8.42 Å². The quantitative estimate of drug-likeness (QED) is 0.607. The molecule has 0 radical (unpaired) electrons. The predicted molar refractivity (Wildman–Crippen MR) is 69.2 cm³/mol. The molecule has 0 aromatic heterocycles. The number of hydrogen-bond donors (Lipinski definition) is 0. The summed E-state index contributed by atoms with van der Waals surface area (Å²) in [6.07, 6.45) is 1.39. The normalized spacial score (nSPS) is 17.3. The average molecular weight is 268 g/mol. The van der Waals surface area contributed by atoms with E-state index in [1.54, 1.807) is 24.3 Å². The van der Waals surface area contributed by atoms with Gasteiger partial charge in [0, 0.05) is 13.1 Å². The van der Waals surface area contributed by atoms with Gasteiger partial charge >= 0.3 is 0 Å². The van der Waals surface area contributed by atoms with Gasteiger partial charge in [0.25, 0.3) is 10.0 Å². The third-order valence-corrected chi connectivity index (χ3v) is 3.95. The molecule has 5 nitrogen and oxygen atoms in total. The van der Waals surface area contributed by atoms with Crippen LogP contribution in [0.1, 0.15) is 5.56 Å². The van der Waals surface area contributed by atoms with Gasteiger partial charge in [0.2, 0.25) is 0 Å². The Morgan fingerprint density at radius 2 is 1.83 bits per heavy atom. The number of nitrogens with zero attached hydrogens (tertiary/aromatic N) is 2. The minimum absolute atomic E-state index is 0.220. The van der Waals surface area contributed by atoms with Crippen molar-refractivity contribution in [2.75, 3.05) is 26.3 Å². The SMILES string of the molecule is Cc1ccc(S(=O)(=O)/N=C/N2CCOCC2)cc1. The van der Waals surface area contributed by atoms with Gasteiger partial charge in [-0.1, -0.05) is 17.7 Å². The molecule has 0 unspecified atom stereocenters. The maximum Gasteiger partial charge on any atom is 0.283 e. The summed E-state index contributed by atoms with van der Waals surface area (Å²) in [5.41, 5.74) is 1.02. The lowest BCUT2D eigenvalue weighted by Crippen LogP contribution is -2.35. The van der Waals surface area contributed by atoms with Crippen molar-refractivity contribution >= 4 is 16.4 Å². The second kappa shape index (κ2) is 5.49. The summed E-state index contributed by atoms with van der Waals surface area (Å²) in [5, 5.41) is 0. The van der Waals surface area contributed by atoms with Crippen molar-refractivity contribution in [2.24, 2.45) is 4.40 Å². The van der Waals surface area contributed by atoms with Crippen molar-refractivity contribution in [3.63, 3.8) is 0 Å². The van der Waals surface area contributed by atoms with E-state index in [0.717, 1.165) is 5.56 Å². The van der Waals surface area contributed by atoms with Crippen LogP contribution in [-0.2, 0) is 14.8 Å². The molecule has 1 saturated heterocycles. The van der Waals surface area contributed by atoms with Gasteiger partial charge in [-0.2, -0.15) is 8.42 Å². The average Bonchev–Trinajstić information content (AvgIpc) is 2.38. The highest BCUT2D eigenvalue weighted by Gasteiger charge is 2.13. The minimum atomic E-state index is -3.59. The highest BCUT2D eigenvalue weighted by molar-refractivity contribution is 7.90. The van der Waals surface area contributed by atoms with Gasteiger partial charge < -0.3 is 9.64 Å². The highest BCUT2D eigenvalue weighted by Crippen LogP contribution is 2.12. The summed E-state index contributed by atoms with van der Waals surface area (Å²) in [7, 11) is -3.59. The van der Waals surface area contributed by atoms with Crippen LogP contribution in [0.3, 0.4) is 0 Å². The van der Waals surface area contributed by atoms with Crippen LogP contribution in [0.4, 0.5) is 0 Å². The Labute approximate surface area is 107 Å². The highest BCUT2D eigenvalue weighted by atomic mass is 32.2. The summed E-state index contributed by atoms with van der Waals surface area (Å²) in [6.45, 7) is 4.47. The largest absolute Gasteiger partial charge is 0.378 e.